The Bertz CT molecular complexity index is 2310. The van der Waals surface area contributed by atoms with Crippen molar-refractivity contribution in [1.29, 1.82) is 0 Å². The molecule has 3 aromatic carbocycles. The number of furan rings is 1. The fourth-order valence-corrected chi connectivity index (χ4v) is 6.27. The number of esters is 1. The van der Waals surface area contributed by atoms with Gasteiger partial charge in [0.05, 0.1) is 51.7 Å². The molecule has 6 aromatic rings. The third-order valence-corrected chi connectivity index (χ3v) is 8.66. The average Bonchev–Trinajstić information content (AvgIpc) is 3.78. The van der Waals surface area contributed by atoms with Crippen LogP contribution in [0, 0.1) is 13.8 Å². The molecule has 0 saturated carbocycles. The van der Waals surface area contributed by atoms with Crippen molar-refractivity contribution in [1.82, 2.24) is 19.6 Å². The summed E-state index contributed by atoms with van der Waals surface area (Å²) in [4.78, 5) is 64.9. The molecule has 3 heterocycles. The molecule has 0 radical (unpaired) electrons. The smallest absolute Gasteiger partial charge is 0.338 e. The lowest BCUT2D eigenvalue weighted by molar-refractivity contribution is 0.0526. The minimum atomic E-state index is -1.17. The van der Waals surface area contributed by atoms with E-state index in [1.54, 1.807) is 63.2 Å². The Hall–Kier alpha value is -6.15. The normalized spacial score (nSPS) is 11.2. The van der Waals surface area contributed by atoms with Gasteiger partial charge in [-0.15, -0.1) is 0 Å². The summed E-state index contributed by atoms with van der Waals surface area (Å²) in [5, 5.41) is 25.1. The molecule has 50 heavy (non-hydrogen) atoms. The number of hydrogen-bond acceptors (Lipinski definition) is 7. The Morgan fingerprint density at radius 2 is 1.34 bits per heavy atom. The zero-order valence-corrected chi connectivity index (χ0v) is 28.4. The first kappa shape index (κ1) is 33.7. The van der Waals surface area contributed by atoms with Gasteiger partial charge in [0.2, 0.25) is 0 Å². The Morgan fingerprint density at radius 3 is 1.84 bits per heavy atom. The van der Waals surface area contributed by atoms with Gasteiger partial charge in [-0.2, -0.15) is 0 Å². The molecule has 0 unspecified atom stereocenters. The van der Waals surface area contributed by atoms with Gasteiger partial charge >= 0.3 is 17.9 Å². The molecule has 0 atom stereocenters. The lowest BCUT2D eigenvalue weighted by Crippen LogP contribution is -2.25. The lowest BCUT2D eigenvalue weighted by Gasteiger charge is -2.13. The number of hydrogen-bond donors (Lipinski definition) is 4. The van der Waals surface area contributed by atoms with Crippen LogP contribution in [0.4, 0.5) is 0 Å². The van der Waals surface area contributed by atoms with Crippen molar-refractivity contribution in [2.75, 3.05) is 6.61 Å². The molecular formula is C36H29BrN4O9. The number of aromatic nitrogens is 4. The number of carbonyl (C=O) groups excluding carboxylic acids is 1. The van der Waals surface area contributed by atoms with Crippen molar-refractivity contribution in [3.63, 3.8) is 0 Å². The van der Waals surface area contributed by atoms with Crippen LogP contribution in [0.3, 0.4) is 0 Å². The minimum absolute atomic E-state index is 0.0321. The van der Waals surface area contributed by atoms with Crippen molar-refractivity contribution >= 4 is 33.8 Å². The molecule has 0 aliphatic carbocycles. The quantitative estimate of drug-likeness (QED) is 0.121. The van der Waals surface area contributed by atoms with Gasteiger partial charge in [-0.05, 0) is 87.5 Å². The molecule has 4 N–H and O–H groups in total. The number of aryl methyl sites for hydroxylation is 2. The van der Waals surface area contributed by atoms with Gasteiger partial charge in [0.15, 0.2) is 0 Å². The fraction of sp³-hybridized carbons (Fsp3) is 0.139. The second-order valence-corrected chi connectivity index (χ2v) is 12.3. The SMILES string of the molecule is CCOC(=O)c1cc(Br)ccc1-c1ccc(C(c2c(C)[nH]n(-c3cccc(C(=O)O)c3)c2=O)c2c(C)[nH]n(-c3cccc(C(=O)O)c3)c2=O)o1. The predicted octanol–water partition coefficient (Wildman–Crippen LogP) is 6.04. The first-order valence-corrected chi connectivity index (χ1v) is 16.1. The number of rotatable bonds is 10. The van der Waals surface area contributed by atoms with Gasteiger partial charge in [0.1, 0.15) is 11.5 Å². The van der Waals surface area contributed by atoms with Crippen molar-refractivity contribution in [3.8, 4) is 22.7 Å². The Morgan fingerprint density at radius 1 is 0.800 bits per heavy atom. The van der Waals surface area contributed by atoms with E-state index in [-0.39, 0.29) is 57.3 Å². The molecule has 14 heteroatoms. The highest BCUT2D eigenvalue weighted by molar-refractivity contribution is 9.10. The zero-order valence-electron chi connectivity index (χ0n) is 26.8. The molecule has 3 aromatic heterocycles. The lowest BCUT2D eigenvalue weighted by atomic mass is 9.89. The maximum absolute atomic E-state index is 14.3. The first-order valence-electron chi connectivity index (χ1n) is 15.3. The molecule has 6 rings (SSSR count). The third kappa shape index (κ3) is 6.12. The summed E-state index contributed by atoms with van der Waals surface area (Å²) >= 11 is 3.39. The van der Waals surface area contributed by atoms with Gasteiger partial charge in [-0.3, -0.25) is 19.8 Å². The van der Waals surface area contributed by atoms with Crippen LogP contribution < -0.4 is 11.1 Å². The number of carboxylic acids is 2. The van der Waals surface area contributed by atoms with Crippen molar-refractivity contribution < 1.29 is 33.8 Å². The molecule has 0 amide bonds. The summed E-state index contributed by atoms with van der Waals surface area (Å²) in [6, 6.07) is 19.9. The minimum Gasteiger partial charge on any atom is -0.478 e. The van der Waals surface area contributed by atoms with Crippen LogP contribution in [0.1, 0.15) is 72.2 Å². The second-order valence-electron chi connectivity index (χ2n) is 11.3. The van der Waals surface area contributed by atoms with E-state index in [2.05, 4.69) is 26.1 Å². The van der Waals surface area contributed by atoms with Crippen LogP contribution in [0.5, 0.6) is 0 Å². The fourth-order valence-electron chi connectivity index (χ4n) is 5.91. The summed E-state index contributed by atoms with van der Waals surface area (Å²) in [5.74, 6) is -3.57. The monoisotopic (exact) mass is 740 g/mol. The second kappa shape index (κ2) is 13.4. The standard InChI is InChI=1S/C36H29BrN4O9/c1-4-49-36(48)26-17-22(37)11-12-25(26)27-13-14-28(50-27)31(29-18(2)38-40(32(29)42)23-9-5-7-20(15-23)34(44)45)30-19(3)39-41(33(30)43)24-10-6-8-21(16-24)35(46)47/h5-17,31,38-39H,4H2,1-3H3,(H,44,45)(H,46,47). The Kier molecular flexibility index (Phi) is 9.04. The molecule has 0 aliphatic rings. The van der Waals surface area contributed by atoms with E-state index < -0.39 is 34.9 Å². The van der Waals surface area contributed by atoms with Crippen LogP contribution in [0.15, 0.2) is 97.3 Å². The number of ether oxygens (including phenoxy) is 1. The van der Waals surface area contributed by atoms with E-state index >= 15 is 0 Å². The summed E-state index contributed by atoms with van der Waals surface area (Å²) in [7, 11) is 0. The van der Waals surface area contributed by atoms with Crippen LogP contribution >= 0.6 is 15.9 Å². The van der Waals surface area contributed by atoms with Gasteiger partial charge in [0.25, 0.3) is 11.1 Å². The summed E-state index contributed by atoms with van der Waals surface area (Å²) in [5.41, 5.74) is 0.976. The van der Waals surface area contributed by atoms with E-state index in [0.29, 0.717) is 21.4 Å². The zero-order chi connectivity index (χ0) is 35.9. The molecular weight excluding hydrogens is 712 g/mol. The molecule has 0 spiro atoms. The van der Waals surface area contributed by atoms with E-state index in [9.17, 15) is 34.2 Å². The maximum Gasteiger partial charge on any atom is 0.338 e. The number of nitrogens with zero attached hydrogens (tertiary/aromatic N) is 2. The highest BCUT2D eigenvalue weighted by Crippen LogP contribution is 2.37. The van der Waals surface area contributed by atoms with Crippen LogP contribution in [0.2, 0.25) is 0 Å². The van der Waals surface area contributed by atoms with Crippen LogP contribution in [0.25, 0.3) is 22.7 Å². The van der Waals surface area contributed by atoms with Crippen molar-refractivity contribution in [3.05, 3.63) is 149 Å². The van der Waals surface area contributed by atoms with E-state index in [1.807, 2.05) is 0 Å². The summed E-state index contributed by atoms with van der Waals surface area (Å²) < 4.78 is 14.7. The molecule has 0 fully saturated rings. The molecule has 0 bridgehead atoms. The largest absolute Gasteiger partial charge is 0.478 e. The van der Waals surface area contributed by atoms with Gasteiger partial charge in [0, 0.05) is 21.4 Å². The number of aromatic amines is 2. The number of carboxylic acid groups (broad SMARTS) is 2. The van der Waals surface area contributed by atoms with Crippen molar-refractivity contribution in [2.45, 2.75) is 26.7 Å². The van der Waals surface area contributed by atoms with Gasteiger partial charge < -0.3 is 19.4 Å². The van der Waals surface area contributed by atoms with Gasteiger partial charge in [-0.25, -0.2) is 23.7 Å². The predicted molar refractivity (Wildman–Crippen MR) is 185 cm³/mol. The maximum atomic E-state index is 14.3. The molecule has 0 aliphatic heterocycles. The number of aromatic carboxylic acids is 2. The molecule has 254 valence electrons. The number of benzene rings is 3. The highest BCUT2D eigenvalue weighted by Gasteiger charge is 2.34. The Labute approximate surface area is 291 Å². The third-order valence-electron chi connectivity index (χ3n) is 8.17. The topological polar surface area (TPSA) is 190 Å². The number of nitrogens with one attached hydrogen (secondary N) is 2. The van der Waals surface area contributed by atoms with Crippen molar-refractivity contribution in [2.24, 2.45) is 0 Å². The molecule has 0 saturated heterocycles. The summed E-state index contributed by atoms with van der Waals surface area (Å²) in [6.07, 6.45) is 0. The number of carbonyl (C=O) groups is 3. The van der Waals surface area contributed by atoms with Gasteiger partial charge in [-0.1, -0.05) is 28.1 Å². The van der Waals surface area contributed by atoms with Crippen LogP contribution in [-0.2, 0) is 4.74 Å². The highest BCUT2D eigenvalue weighted by atomic mass is 79.9. The summed E-state index contributed by atoms with van der Waals surface area (Å²) in [6.45, 7) is 5.14. The van der Waals surface area contributed by atoms with E-state index in [1.165, 1.54) is 45.8 Å². The number of halogens is 1. The van der Waals surface area contributed by atoms with Crippen LogP contribution in [-0.4, -0.2) is 54.3 Å². The molecule has 13 nitrogen and oxygen atoms in total. The van der Waals surface area contributed by atoms with E-state index in [0.717, 1.165) is 0 Å². The average molecular weight is 742 g/mol. The first-order chi connectivity index (χ1) is 23.9. The number of H-pyrrole nitrogens is 2. The Balaban J connectivity index is 1.58. The van der Waals surface area contributed by atoms with E-state index in [4.69, 9.17) is 9.15 Å².